The molecule has 0 aliphatic carbocycles. The summed E-state index contributed by atoms with van der Waals surface area (Å²) >= 11 is 3.79. The molecule has 0 saturated carbocycles. The fourth-order valence-corrected chi connectivity index (χ4v) is 5.60. The first kappa shape index (κ1) is 15.2. The first-order valence-corrected chi connectivity index (χ1v) is 8.67. The SMILES string of the molecule is CN1C(=O)c2c(sc3c2CC(C)(C)SC3)N2CCN=C12.[Cl-]. The molecule has 0 bridgehead atoms. The molecule has 3 aliphatic rings. The number of aliphatic imine (C=N–C) groups is 1. The van der Waals surface area contributed by atoms with Crippen LogP contribution in [-0.4, -0.2) is 41.7 Å². The van der Waals surface area contributed by atoms with E-state index in [4.69, 9.17) is 0 Å². The zero-order chi connectivity index (χ0) is 14.1. The molecule has 4 heterocycles. The molecule has 1 amide bonds. The van der Waals surface area contributed by atoms with Crippen molar-refractivity contribution in [2.45, 2.75) is 30.8 Å². The number of halogens is 1. The largest absolute Gasteiger partial charge is 1.00 e. The van der Waals surface area contributed by atoms with Crippen molar-refractivity contribution < 1.29 is 17.2 Å². The maximum atomic E-state index is 12.7. The van der Waals surface area contributed by atoms with Crippen molar-refractivity contribution in [3.8, 4) is 0 Å². The standard InChI is InChI=1S/C14H17N3OS2.ClH/c1-14(2)6-8-9(7-19-14)20-12-10(8)11(18)16(3)13-15-4-5-17(12)13;/h4-7H2,1-3H3;1H/p-1. The van der Waals surface area contributed by atoms with Gasteiger partial charge in [0.05, 0.1) is 12.1 Å². The molecule has 4 rings (SSSR count). The molecular weight excluding hydrogens is 326 g/mol. The Kier molecular flexibility index (Phi) is 3.54. The van der Waals surface area contributed by atoms with E-state index in [0.717, 1.165) is 41.8 Å². The zero-order valence-corrected chi connectivity index (χ0v) is 14.7. The number of hydrogen-bond acceptors (Lipinski definition) is 5. The Hall–Kier alpha value is -0.720. The van der Waals surface area contributed by atoms with E-state index in [0.29, 0.717) is 0 Å². The predicted molar refractivity (Wildman–Crippen MR) is 85.1 cm³/mol. The van der Waals surface area contributed by atoms with Crippen LogP contribution >= 0.6 is 23.1 Å². The van der Waals surface area contributed by atoms with E-state index < -0.39 is 0 Å². The van der Waals surface area contributed by atoms with Gasteiger partial charge < -0.3 is 17.3 Å². The molecule has 0 N–H and O–H groups in total. The van der Waals surface area contributed by atoms with Crippen LogP contribution in [0.15, 0.2) is 4.99 Å². The fraction of sp³-hybridized carbons (Fsp3) is 0.571. The zero-order valence-electron chi connectivity index (χ0n) is 12.3. The van der Waals surface area contributed by atoms with Gasteiger partial charge in [0.15, 0.2) is 0 Å². The van der Waals surface area contributed by atoms with Gasteiger partial charge >= 0.3 is 0 Å². The summed E-state index contributed by atoms with van der Waals surface area (Å²) in [6.45, 7) is 6.22. The number of amides is 1. The second-order valence-corrected chi connectivity index (χ2v) is 8.87. The molecule has 21 heavy (non-hydrogen) atoms. The summed E-state index contributed by atoms with van der Waals surface area (Å²) in [7, 11) is 1.84. The maximum Gasteiger partial charge on any atom is 0.263 e. The number of carbonyl (C=O) groups is 1. The van der Waals surface area contributed by atoms with Gasteiger partial charge in [-0.1, -0.05) is 13.8 Å². The molecule has 0 radical (unpaired) electrons. The van der Waals surface area contributed by atoms with Crippen LogP contribution < -0.4 is 17.3 Å². The molecule has 3 aliphatic heterocycles. The molecule has 0 saturated heterocycles. The summed E-state index contributed by atoms with van der Waals surface area (Å²) in [4.78, 5) is 22.5. The van der Waals surface area contributed by atoms with Gasteiger partial charge in [-0.15, -0.1) is 23.1 Å². The highest BCUT2D eigenvalue weighted by molar-refractivity contribution is 8.00. The summed E-state index contributed by atoms with van der Waals surface area (Å²) in [5.74, 6) is 1.97. The minimum Gasteiger partial charge on any atom is -1.00 e. The summed E-state index contributed by atoms with van der Waals surface area (Å²) in [5, 5.41) is 1.13. The summed E-state index contributed by atoms with van der Waals surface area (Å²) in [6.07, 6.45) is 0.985. The number of fused-ring (bicyclic) bond motifs is 5. The van der Waals surface area contributed by atoms with Crippen molar-refractivity contribution in [2.75, 3.05) is 25.0 Å². The van der Waals surface area contributed by atoms with Gasteiger partial charge in [0, 0.05) is 29.0 Å². The van der Waals surface area contributed by atoms with Crippen molar-refractivity contribution in [1.82, 2.24) is 4.90 Å². The van der Waals surface area contributed by atoms with Gasteiger partial charge in [0.2, 0.25) is 5.96 Å². The number of anilines is 1. The fourth-order valence-electron chi connectivity index (χ4n) is 3.12. The van der Waals surface area contributed by atoms with Gasteiger partial charge in [-0.3, -0.25) is 14.7 Å². The molecule has 1 aromatic rings. The lowest BCUT2D eigenvalue weighted by Gasteiger charge is -2.33. The molecule has 0 atom stereocenters. The second-order valence-electron chi connectivity index (χ2n) is 6.11. The van der Waals surface area contributed by atoms with Crippen LogP contribution in [0.1, 0.15) is 34.6 Å². The highest BCUT2D eigenvalue weighted by atomic mass is 35.5. The Morgan fingerprint density at radius 1 is 1.33 bits per heavy atom. The van der Waals surface area contributed by atoms with Crippen molar-refractivity contribution in [3.63, 3.8) is 0 Å². The van der Waals surface area contributed by atoms with Gasteiger partial charge in [0.1, 0.15) is 5.00 Å². The van der Waals surface area contributed by atoms with Crippen LogP contribution in [0.2, 0.25) is 0 Å². The monoisotopic (exact) mass is 342 g/mol. The lowest BCUT2D eigenvalue weighted by Crippen LogP contribution is -3.00. The van der Waals surface area contributed by atoms with Crippen LogP contribution in [0.25, 0.3) is 0 Å². The average Bonchev–Trinajstić information content (AvgIpc) is 2.98. The number of thiophene rings is 1. The van der Waals surface area contributed by atoms with Crippen LogP contribution in [0, 0.1) is 0 Å². The van der Waals surface area contributed by atoms with E-state index in [1.165, 1.54) is 10.4 Å². The molecule has 0 unspecified atom stereocenters. The lowest BCUT2D eigenvalue weighted by atomic mass is 9.96. The predicted octanol–water partition coefficient (Wildman–Crippen LogP) is -0.418. The molecule has 1 aromatic heterocycles. The topological polar surface area (TPSA) is 35.9 Å². The average molecular weight is 343 g/mol. The van der Waals surface area contributed by atoms with Gasteiger partial charge in [0.25, 0.3) is 5.91 Å². The van der Waals surface area contributed by atoms with Crippen molar-refractivity contribution >= 4 is 40.0 Å². The Morgan fingerprint density at radius 3 is 2.86 bits per heavy atom. The van der Waals surface area contributed by atoms with Gasteiger partial charge in [-0.25, -0.2) is 0 Å². The Bertz CT molecular complexity index is 653. The van der Waals surface area contributed by atoms with E-state index >= 15 is 0 Å². The van der Waals surface area contributed by atoms with Crippen LogP contribution in [0.5, 0.6) is 0 Å². The van der Waals surface area contributed by atoms with Crippen molar-refractivity contribution in [3.05, 3.63) is 16.0 Å². The first-order chi connectivity index (χ1) is 9.48. The molecule has 114 valence electrons. The van der Waals surface area contributed by atoms with Crippen LogP contribution in [0.3, 0.4) is 0 Å². The number of hydrogen-bond donors (Lipinski definition) is 0. The molecule has 4 nitrogen and oxygen atoms in total. The highest BCUT2D eigenvalue weighted by Crippen LogP contribution is 2.48. The number of guanidine groups is 1. The molecular formula is C14H17ClN3OS2-. The lowest BCUT2D eigenvalue weighted by molar-refractivity contribution is -0.0000134. The van der Waals surface area contributed by atoms with Crippen LogP contribution in [0.4, 0.5) is 5.00 Å². The minimum absolute atomic E-state index is 0. The molecule has 0 fully saturated rings. The third kappa shape index (κ3) is 2.11. The quantitative estimate of drug-likeness (QED) is 0.642. The van der Waals surface area contributed by atoms with Crippen molar-refractivity contribution in [1.29, 1.82) is 0 Å². The number of carbonyl (C=O) groups excluding carboxylic acids is 1. The Morgan fingerprint density at radius 2 is 2.10 bits per heavy atom. The number of rotatable bonds is 0. The third-order valence-corrected chi connectivity index (χ3v) is 6.95. The van der Waals surface area contributed by atoms with E-state index in [1.54, 1.807) is 16.2 Å². The normalized spacial score (nSPS) is 22.2. The molecule has 0 aromatic carbocycles. The highest BCUT2D eigenvalue weighted by Gasteiger charge is 2.41. The van der Waals surface area contributed by atoms with E-state index in [9.17, 15) is 4.79 Å². The van der Waals surface area contributed by atoms with E-state index in [2.05, 4.69) is 23.7 Å². The van der Waals surface area contributed by atoms with Gasteiger partial charge in [-0.2, -0.15) is 0 Å². The van der Waals surface area contributed by atoms with Crippen LogP contribution in [-0.2, 0) is 12.2 Å². The number of thioether (sulfide) groups is 1. The van der Waals surface area contributed by atoms with Crippen molar-refractivity contribution in [2.24, 2.45) is 4.99 Å². The maximum absolute atomic E-state index is 12.7. The summed E-state index contributed by atoms with van der Waals surface area (Å²) in [6, 6.07) is 0. The molecule has 0 spiro atoms. The first-order valence-electron chi connectivity index (χ1n) is 6.86. The van der Waals surface area contributed by atoms with Gasteiger partial charge in [-0.05, 0) is 12.0 Å². The Balaban J connectivity index is 0.00000132. The Labute approximate surface area is 139 Å². The second kappa shape index (κ2) is 4.89. The minimum atomic E-state index is 0. The smallest absolute Gasteiger partial charge is 0.263 e. The third-order valence-electron chi connectivity index (χ3n) is 4.15. The number of nitrogens with zero attached hydrogens (tertiary/aromatic N) is 3. The van der Waals surface area contributed by atoms with E-state index in [-0.39, 0.29) is 23.1 Å². The summed E-state index contributed by atoms with van der Waals surface area (Å²) < 4.78 is 0.222. The summed E-state index contributed by atoms with van der Waals surface area (Å²) in [5.41, 5.74) is 2.23. The van der Waals surface area contributed by atoms with E-state index in [1.807, 2.05) is 18.8 Å². The molecule has 7 heteroatoms.